The molecule has 21 heavy (non-hydrogen) atoms. The molecule has 0 aliphatic carbocycles. The Kier molecular flexibility index (Phi) is 3.32. The molecule has 0 aromatic heterocycles. The zero-order valence-corrected chi connectivity index (χ0v) is 11.5. The van der Waals surface area contributed by atoms with E-state index in [9.17, 15) is 4.79 Å². The van der Waals surface area contributed by atoms with E-state index in [0.717, 1.165) is 33.2 Å². The molecule has 1 N–H and O–H groups in total. The lowest BCUT2D eigenvalue weighted by Gasteiger charge is -2.11. The molecular formula is C18H14O3. The maximum atomic E-state index is 10.8. The lowest BCUT2D eigenvalue weighted by Crippen LogP contribution is -1.91. The molecule has 0 bridgehead atoms. The number of methoxy groups -OCH3 is 1. The number of carboxylic acids is 1. The van der Waals surface area contributed by atoms with Gasteiger partial charge in [-0.1, -0.05) is 42.5 Å². The SMILES string of the molecule is COc1ccc2ccc3ccccc3c2c1C=CC(=O)O. The predicted molar refractivity (Wildman–Crippen MR) is 84.7 cm³/mol. The summed E-state index contributed by atoms with van der Waals surface area (Å²) in [6.07, 6.45) is 2.73. The van der Waals surface area contributed by atoms with E-state index in [1.807, 2.05) is 42.5 Å². The number of benzene rings is 3. The van der Waals surface area contributed by atoms with E-state index in [0.29, 0.717) is 5.75 Å². The molecule has 0 saturated heterocycles. The van der Waals surface area contributed by atoms with E-state index in [1.165, 1.54) is 0 Å². The second kappa shape index (κ2) is 5.29. The van der Waals surface area contributed by atoms with Crippen LogP contribution in [0.25, 0.3) is 27.6 Å². The van der Waals surface area contributed by atoms with Crippen LogP contribution in [-0.2, 0) is 4.79 Å². The van der Waals surface area contributed by atoms with E-state index in [-0.39, 0.29) is 0 Å². The van der Waals surface area contributed by atoms with Gasteiger partial charge in [-0.05, 0) is 28.3 Å². The number of rotatable bonds is 3. The first kappa shape index (κ1) is 13.2. The van der Waals surface area contributed by atoms with E-state index in [1.54, 1.807) is 13.2 Å². The molecule has 0 spiro atoms. The number of carboxylic acid groups (broad SMARTS) is 1. The number of carbonyl (C=O) groups is 1. The average molecular weight is 278 g/mol. The quantitative estimate of drug-likeness (QED) is 0.579. The predicted octanol–water partition coefficient (Wildman–Crippen LogP) is 4.10. The molecule has 3 aromatic carbocycles. The Morgan fingerprint density at radius 3 is 2.52 bits per heavy atom. The first-order valence-electron chi connectivity index (χ1n) is 6.60. The first-order valence-corrected chi connectivity index (χ1v) is 6.60. The van der Waals surface area contributed by atoms with Gasteiger partial charge in [0, 0.05) is 17.0 Å². The minimum Gasteiger partial charge on any atom is -0.496 e. The lowest BCUT2D eigenvalue weighted by atomic mass is 9.96. The number of hydrogen-bond acceptors (Lipinski definition) is 2. The second-order valence-electron chi connectivity index (χ2n) is 4.74. The highest BCUT2D eigenvalue weighted by atomic mass is 16.5. The van der Waals surface area contributed by atoms with Crippen LogP contribution in [0.5, 0.6) is 5.75 Å². The van der Waals surface area contributed by atoms with E-state index >= 15 is 0 Å². The van der Waals surface area contributed by atoms with Crippen molar-refractivity contribution in [2.24, 2.45) is 0 Å². The standard InChI is InChI=1S/C18H14O3/c1-21-16-10-8-13-7-6-12-4-2-3-5-14(12)18(13)15(16)9-11-17(19)20/h2-11H,1H3,(H,19,20). The maximum absolute atomic E-state index is 10.8. The van der Waals surface area contributed by atoms with Gasteiger partial charge in [-0.3, -0.25) is 0 Å². The molecular weight excluding hydrogens is 264 g/mol. The summed E-state index contributed by atoms with van der Waals surface area (Å²) in [5.41, 5.74) is 0.786. The molecule has 3 nitrogen and oxygen atoms in total. The zero-order chi connectivity index (χ0) is 14.8. The van der Waals surface area contributed by atoms with Gasteiger partial charge >= 0.3 is 5.97 Å². The largest absolute Gasteiger partial charge is 0.496 e. The second-order valence-corrected chi connectivity index (χ2v) is 4.74. The summed E-state index contributed by atoms with van der Waals surface area (Å²) >= 11 is 0. The van der Waals surface area contributed by atoms with Crippen LogP contribution >= 0.6 is 0 Å². The van der Waals surface area contributed by atoms with Crippen LogP contribution in [0, 0.1) is 0 Å². The Labute approximate surface area is 122 Å². The van der Waals surface area contributed by atoms with Crippen molar-refractivity contribution in [3.8, 4) is 5.75 Å². The highest BCUT2D eigenvalue weighted by Crippen LogP contribution is 2.34. The zero-order valence-electron chi connectivity index (χ0n) is 11.5. The molecule has 0 heterocycles. The van der Waals surface area contributed by atoms with Gasteiger partial charge in [0.15, 0.2) is 0 Å². The summed E-state index contributed by atoms with van der Waals surface area (Å²) in [5.74, 6) is -0.314. The third-order valence-corrected chi connectivity index (χ3v) is 3.52. The lowest BCUT2D eigenvalue weighted by molar-refractivity contribution is -0.131. The number of hydrogen-bond donors (Lipinski definition) is 1. The molecule has 104 valence electrons. The fourth-order valence-corrected chi connectivity index (χ4v) is 2.60. The molecule has 0 radical (unpaired) electrons. The van der Waals surface area contributed by atoms with Gasteiger partial charge in [0.2, 0.25) is 0 Å². The fraction of sp³-hybridized carbons (Fsp3) is 0.0556. The molecule has 0 saturated carbocycles. The summed E-state index contributed by atoms with van der Waals surface area (Å²) in [6, 6.07) is 16.0. The molecule has 0 amide bonds. The van der Waals surface area contributed by atoms with E-state index in [4.69, 9.17) is 9.84 Å². The number of fused-ring (bicyclic) bond motifs is 3. The van der Waals surface area contributed by atoms with E-state index < -0.39 is 5.97 Å². The van der Waals surface area contributed by atoms with Gasteiger partial charge in [-0.15, -0.1) is 0 Å². The Hall–Kier alpha value is -2.81. The molecule has 0 aliphatic heterocycles. The smallest absolute Gasteiger partial charge is 0.328 e. The van der Waals surface area contributed by atoms with Crippen LogP contribution in [-0.4, -0.2) is 18.2 Å². The highest BCUT2D eigenvalue weighted by Gasteiger charge is 2.09. The summed E-state index contributed by atoms with van der Waals surface area (Å²) in [4.78, 5) is 10.8. The van der Waals surface area contributed by atoms with Crippen LogP contribution < -0.4 is 4.74 Å². The minimum absolute atomic E-state index is 0.663. The van der Waals surface area contributed by atoms with Gasteiger partial charge in [-0.2, -0.15) is 0 Å². The van der Waals surface area contributed by atoms with Crippen molar-refractivity contribution >= 4 is 33.6 Å². The summed E-state index contributed by atoms with van der Waals surface area (Å²) < 4.78 is 5.39. The van der Waals surface area contributed by atoms with Crippen molar-refractivity contribution < 1.29 is 14.6 Å². The molecule has 0 atom stereocenters. The third kappa shape index (κ3) is 2.34. The highest BCUT2D eigenvalue weighted by molar-refractivity contribution is 6.12. The third-order valence-electron chi connectivity index (χ3n) is 3.52. The Balaban J connectivity index is 2.44. The fourth-order valence-electron chi connectivity index (χ4n) is 2.60. The van der Waals surface area contributed by atoms with Crippen molar-refractivity contribution in [2.45, 2.75) is 0 Å². The number of ether oxygens (including phenoxy) is 1. The Morgan fingerprint density at radius 1 is 1.05 bits per heavy atom. The van der Waals surface area contributed by atoms with Gasteiger partial charge in [0.05, 0.1) is 7.11 Å². The maximum Gasteiger partial charge on any atom is 0.328 e. The van der Waals surface area contributed by atoms with Crippen molar-refractivity contribution in [3.05, 3.63) is 60.2 Å². The van der Waals surface area contributed by atoms with Gasteiger partial charge in [-0.25, -0.2) is 4.79 Å². The monoisotopic (exact) mass is 278 g/mol. The molecule has 0 unspecified atom stereocenters. The van der Waals surface area contributed by atoms with Crippen LogP contribution in [0.4, 0.5) is 0 Å². The summed E-state index contributed by atoms with van der Waals surface area (Å²) in [6.45, 7) is 0. The molecule has 0 aliphatic rings. The summed E-state index contributed by atoms with van der Waals surface area (Å²) in [7, 11) is 1.59. The van der Waals surface area contributed by atoms with Crippen LogP contribution in [0.3, 0.4) is 0 Å². The average Bonchev–Trinajstić information content (AvgIpc) is 2.51. The van der Waals surface area contributed by atoms with Gasteiger partial charge < -0.3 is 9.84 Å². The Morgan fingerprint density at radius 2 is 1.76 bits per heavy atom. The van der Waals surface area contributed by atoms with Crippen molar-refractivity contribution in [1.29, 1.82) is 0 Å². The molecule has 3 rings (SSSR count). The van der Waals surface area contributed by atoms with Crippen LogP contribution in [0.15, 0.2) is 54.6 Å². The Bertz CT molecular complexity index is 863. The summed E-state index contributed by atoms with van der Waals surface area (Å²) in [5, 5.41) is 13.2. The van der Waals surface area contributed by atoms with Crippen molar-refractivity contribution in [3.63, 3.8) is 0 Å². The van der Waals surface area contributed by atoms with Crippen LogP contribution in [0.2, 0.25) is 0 Å². The van der Waals surface area contributed by atoms with Crippen LogP contribution in [0.1, 0.15) is 5.56 Å². The topological polar surface area (TPSA) is 46.5 Å². The molecule has 3 aromatic rings. The minimum atomic E-state index is -0.978. The van der Waals surface area contributed by atoms with Gasteiger partial charge in [0.25, 0.3) is 0 Å². The normalized spacial score (nSPS) is 11.3. The van der Waals surface area contributed by atoms with Gasteiger partial charge in [0.1, 0.15) is 5.75 Å². The molecule has 3 heteroatoms. The number of aliphatic carboxylic acids is 1. The molecule has 0 fully saturated rings. The van der Waals surface area contributed by atoms with Crippen molar-refractivity contribution in [2.75, 3.05) is 7.11 Å². The van der Waals surface area contributed by atoms with Crippen molar-refractivity contribution in [1.82, 2.24) is 0 Å². The van der Waals surface area contributed by atoms with E-state index in [2.05, 4.69) is 6.07 Å². The first-order chi connectivity index (χ1) is 10.2.